The van der Waals surface area contributed by atoms with Crippen molar-refractivity contribution in [1.29, 1.82) is 0 Å². The molecular weight excluding hydrogens is 176 g/mol. The largest absolute Gasteiger partial charge is 0.316 e. The molecule has 1 aliphatic rings. The Morgan fingerprint density at radius 2 is 2.43 bits per heavy atom. The molecule has 2 aromatic rings. The van der Waals surface area contributed by atoms with E-state index in [1.165, 1.54) is 0 Å². The van der Waals surface area contributed by atoms with Crippen molar-refractivity contribution in [2.75, 3.05) is 13.1 Å². The van der Waals surface area contributed by atoms with Gasteiger partial charge in [-0.25, -0.2) is 9.50 Å². The van der Waals surface area contributed by atoms with E-state index in [9.17, 15) is 0 Å². The molecule has 0 saturated carbocycles. The molecule has 0 aromatic carbocycles. The number of hydrogen-bond acceptors (Lipinski definition) is 3. The SMILES string of the molecule is c1cnc2cc(CC3CNC3)nn2c1. The van der Waals surface area contributed by atoms with Crippen molar-refractivity contribution in [3.8, 4) is 0 Å². The van der Waals surface area contributed by atoms with Crippen LogP contribution in [0.3, 0.4) is 0 Å². The van der Waals surface area contributed by atoms with Gasteiger partial charge >= 0.3 is 0 Å². The normalized spacial score (nSPS) is 17.1. The molecule has 72 valence electrons. The van der Waals surface area contributed by atoms with E-state index in [0.29, 0.717) is 0 Å². The molecule has 0 atom stereocenters. The van der Waals surface area contributed by atoms with E-state index in [0.717, 1.165) is 36.8 Å². The third-order valence-corrected chi connectivity index (χ3v) is 2.65. The standard InChI is InChI=1S/C10H12N4/c1-2-12-10-5-9(13-14(10)3-1)4-8-6-11-7-8/h1-3,5,8,11H,4,6-7H2. The summed E-state index contributed by atoms with van der Waals surface area (Å²) in [6, 6.07) is 3.97. The Balaban J connectivity index is 1.89. The molecule has 14 heavy (non-hydrogen) atoms. The molecule has 0 spiro atoms. The zero-order valence-corrected chi connectivity index (χ0v) is 7.85. The average Bonchev–Trinajstić information content (AvgIpc) is 2.53. The van der Waals surface area contributed by atoms with Gasteiger partial charge in [-0.3, -0.25) is 0 Å². The summed E-state index contributed by atoms with van der Waals surface area (Å²) < 4.78 is 1.83. The molecule has 1 aliphatic heterocycles. The first-order valence-corrected chi connectivity index (χ1v) is 4.92. The Labute approximate surface area is 82.0 Å². The lowest BCUT2D eigenvalue weighted by molar-refractivity contribution is 0.343. The molecular formula is C10H12N4. The highest BCUT2D eigenvalue weighted by atomic mass is 15.2. The van der Waals surface area contributed by atoms with E-state index in [2.05, 4.69) is 21.5 Å². The van der Waals surface area contributed by atoms with Crippen LogP contribution in [0, 0.1) is 5.92 Å². The number of aromatic nitrogens is 3. The van der Waals surface area contributed by atoms with E-state index in [1.54, 1.807) is 6.20 Å². The van der Waals surface area contributed by atoms with E-state index in [-0.39, 0.29) is 0 Å². The third-order valence-electron chi connectivity index (χ3n) is 2.65. The van der Waals surface area contributed by atoms with Crippen molar-refractivity contribution in [2.24, 2.45) is 5.92 Å². The van der Waals surface area contributed by atoms with Gasteiger partial charge in [0, 0.05) is 18.5 Å². The van der Waals surface area contributed by atoms with Crippen molar-refractivity contribution >= 4 is 5.65 Å². The highest BCUT2D eigenvalue weighted by Gasteiger charge is 2.18. The Kier molecular flexibility index (Phi) is 1.73. The van der Waals surface area contributed by atoms with Gasteiger partial charge in [-0.15, -0.1) is 0 Å². The molecule has 1 saturated heterocycles. The summed E-state index contributed by atoms with van der Waals surface area (Å²) in [5.74, 6) is 0.764. The number of fused-ring (bicyclic) bond motifs is 1. The smallest absolute Gasteiger partial charge is 0.155 e. The van der Waals surface area contributed by atoms with Crippen molar-refractivity contribution in [3.63, 3.8) is 0 Å². The fraction of sp³-hybridized carbons (Fsp3) is 0.400. The fourth-order valence-corrected chi connectivity index (χ4v) is 1.77. The molecule has 0 unspecified atom stereocenters. The first-order chi connectivity index (χ1) is 6.92. The zero-order chi connectivity index (χ0) is 9.38. The molecule has 0 amide bonds. The number of nitrogens with zero attached hydrogens (tertiary/aromatic N) is 3. The van der Waals surface area contributed by atoms with E-state index in [4.69, 9.17) is 0 Å². The molecule has 0 bridgehead atoms. The summed E-state index contributed by atoms with van der Waals surface area (Å²) in [7, 11) is 0. The van der Waals surface area contributed by atoms with Crippen molar-refractivity contribution in [1.82, 2.24) is 19.9 Å². The molecule has 1 N–H and O–H groups in total. The molecule has 0 aliphatic carbocycles. The van der Waals surface area contributed by atoms with Crippen LogP contribution >= 0.6 is 0 Å². The molecule has 0 radical (unpaired) electrons. The van der Waals surface area contributed by atoms with Gasteiger partial charge in [-0.05, 0) is 31.5 Å². The quantitative estimate of drug-likeness (QED) is 0.746. The zero-order valence-electron chi connectivity index (χ0n) is 7.85. The lowest BCUT2D eigenvalue weighted by Gasteiger charge is -2.25. The van der Waals surface area contributed by atoms with Gasteiger partial charge in [-0.2, -0.15) is 5.10 Å². The Bertz CT molecular complexity index is 411. The fourth-order valence-electron chi connectivity index (χ4n) is 1.77. The van der Waals surface area contributed by atoms with Gasteiger partial charge in [0.05, 0.1) is 5.69 Å². The second-order valence-electron chi connectivity index (χ2n) is 3.79. The lowest BCUT2D eigenvalue weighted by atomic mass is 9.98. The van der Waals surface area contributed by atoms with Crippen LogP contribution in [0.1, 0.15) is 5.69 Å². The number of hydrogen-bond donors (Lipinski definition) is 1. The highest BCUT2D eigenvalue weighted by molar-refractivity contribution is 5.38. The minimum atomic E-state index is 0.764. The van der Waals surface area contributed by atoms with Crippen LogP contribution in [0.5, 0.6) is 0 Å². The van der Waals surface area contributed by atoms with Crippen LogP contribution in [0.4, 0.5) is 0 Å². The van der Waals surface area contributed by atoms with Gasteiger partial charge in [0.25, 0.3) is 0 Å². The van der Waals surface area contributed by atoms with E-state index < -0.39 is 0 Å². The second kappa shape index (κ2) is 3.06. The topological polar surface area (TPSA) is 42.2 Å². The Morgan fingerprint density at radius 1 is 1.50 bits per heavy atom. The molecule has 3 rings (SSSR count). The van der Waals surface area contributed by atoms with Crippen LogP contribution in [0.2, 0.25) is 0 Å². The van der Waals surface area contributed by atoms with Crippen LogP contribution in [0.15, 0.2) is 24.5 Å². The lowest BCUT2D eigenvalue weighted by Crippen LogP contribution is -2.43. The second-order valence-corrected chi connectivity index (χ2v) is 3.79. The Hall–Kier alpha value is -1.42. The molecule has 3 heterocycles. The van der Waals surface area contributed by atoms with Gasteiger partial charge < -0.3 is 5.32 Å². The predicted molar refractivity (Wildman–Crippen MR) is 53.1 cm³/mol. The van der Waals surface area contributed by atoms with E-state index in [1.807, 2.05) is 16.8 Å². The van der Waals surface area contributed by atoms with Gasteiger partial charge in [-0.1, -0.05) is 0 Å². The summed E-state index contributed by atoms with van der Waals surface area (Å²) >= 11 is 0. The van der Waals surface area contributed by atoms with Crippen molar-refractivity contribution in [2.45, 2.75) is 6.42 Å². The summed E-state index contributed by atoms with van der Waals surface area (Å²) in [5, 5.41) is 7.73. The first-order valence-electron chi connectivity index (χ1n) is 4.92. The van der Waals surface area contributed by atoms with E-state index >= 15 is 0 Å². The predicted octanol–water partition coefficient (Wildman–Crippen LogP) is 0.491. The summed E-state index contributed by atoms with van der Waals surface area (Å²) in [4.78, 5) is 4.24. The van der Waals surface area contributed by atoms with Crippen LogP contribution in [-0.2, 0) is 6.42 Å². The molecule has 2 aromatic heterocycles. The maximum Gasteiger partial charge on any atom is 0.155 e. The van der Waals surface area contributed by atoms with Gasteiger partial charge in [0.2, 0.25) is 0 Å². The average molecular weight is 188 g/mol. The molecule has 4 heteroatoms. The number of nitrogens with one attached hydrogen (secondary N) is 1. The molecule has 4 nitrogen and oxygen atoms in total. The monoisotopic (exact) mass is 188 g/mol. The highest BCUT2D eigenvalue weighted by Crippen LogP contribution is 2.12. The first kappa shape index (κ1) is 7.94. The minimum absolute atomic E-state index is 0.764. The summed E-state index contributed by atoms with van der Waals surface area (Å²) in [6.07, 6.45) is 4.80. The number of rotatable bonds is 2. The minimum Gasteiger partial charge on any atom is -0.316 e. The van der Waals surface area contributed by atoms with Gasteiger partial charge in [0.15, 0.2) is 5.65 Å². The van der Waals surface area contributed by atoms with Crippen LogP contribution in [-0.4, -0.2) is 27.7 Å². The van der Waals surface area contributed by atoms with Crippen molar-refractivity contribution < 1.29 is 0 Å². The molecule has 1 fully saturated rings. The van der Waals surface area contributed by atoms with Crippen LogP contribution < -0.4 is 5.32 Å². The third kappa shape index (κ3) is 1.28. The summed E-state index contributed by atoms with van der Waals surface area (Å²) in [5.41, 5.74) is 2.09. The van der Waals surface area contributed by atoms with Crippen molar-refractivity contribution in [3.05, 3.63) is 30.2 Å². The summed E-state index contributed by atoms with van der Waals surface area (Å²) in [6.45, 7) is 2.25. The van der Waals surface area contributed by atoms with Gasteiger partial charge in [0.1, 0.15) is 0 Å². The maximum absolute atomic E-state index is 4.46. The van der Waals surface area contributed by atoms with Crippen LogP contribution in [0.25, 0.3) is 5.65 Å². The maximum atomic E-state index is 4.46. The Morgan fingerprint density at radius 3 is 3.14 bits per heavy atom.